The molecule has 1 aliphatic heterocycles. The van der Waals surface area contributed by atoms with E-state index in [0.717, 1.165) is 0 Å². The molecule has 0 radical (unpaired) electrons. The summed E-state index contributed by atoms with van der Waals surface area (Å²) < 4.78 is 15.0. The number of hydrogen-bond donors (Lipinski definition) is 0. The van der Waals surface area contributed by atoms with Crippen molar-refractivity contribution in [2.24, 2.45) is 0 Å². The number of hydrogen-bond acceptors (Lipinski definition) is 4. The third-order valence-electron chi connectivity index (χ3n) is 1.98. The van der Waals surface area contributed by atoms with Gasteiger partial charge in [-0.05, 0) is 0 Å². The van der Waals surface area contributed by atoms with Crippen LogP contribution in [0, 0.1) is 0 Å². The number of amides is 1. The first-order chi connectivity index (χ1) is 6.27. The summed E-state index contributed by atoms with van der Waals surface area (Å²) in [5.74, 6) is -0.00894. The summed E-state index contributed by atoms with van der Waals surface area (Å²) in [6.45, 7) is 1.84. The maximum absolute atomic E-state index is 11.3. The molecular formula is C8H15NO4. The van der Waals surface area contributed by atoms with Gasteiger partial charge in [-0.2, -0.15) is 0 Å². The van der Waals surface area contributed by atoms with E-state index in [9.17, 15) is 4.79 Å². The monoisotopic (exact) mass is 189 g/mol. The molecule has 0 spiro atoms. The van der Waals surface area contributed by atoms with E-state index in [2.05, 4.69) is 0 Å². The van der Waals surface area contributed by atoms with Crippen LogP contribution in [0.5, 0.6) is 0 Å². The van der Waals surface area contributed by atoms with Crippen molar-refractivity contribution in [1.82, 2.24) is 4.90 Å². The van der Waals surface area contributed by atoms with Gasteiger partial charge in [-0.25, -0.2) is 0 Å². The van der Waals surface area contributed by atoms with Crippen LogP contribution in [0.1, 0.15) is 0 Å². The van der Waals surface area contributed by atoms with Crippen molar-refractivity contribution in [3.63, 3.8) is 0 Å². The van der Waals surface area contributed by atoms with E-state index in [4.69, 9.17) is 14.2 Å². The molecule has 1 rings (SSSR count). The van der Waals surface area contributed by atoms with E-state index in [1.807, 2.05) is 0 Å². The topological polar surface area (TPSA) is 48.0 Å². The molecule has 0 aromatic carbocycles. The molecule has 0 aliphatic carbocycles. The van der Waals surface area contributed by atoms with Crippen molar-refractivity contribution >= 4 is 5.91 Å². The van der Waals surface area contributed by atoms with Crippen LogP contribution in [0.3, 0.4) is 0 Å². The fraction of sp³-hybridized carbons (Fsp3) is 0.875. The maximum Gasteiger partial charge on any atom is 0.248 e. The third kappa shape index (κ3) is 2.95. The number of rotatable bonds is 4. The molecular weight excluding hydrogens is 174 g/mol. The normalized spacial score (nSPS) is 18.4. The zero-order valence-electron chi connectivity index (χ0n) is 7.99. The summed E-state index contributed by atoms with van der Waals surface area (Å²) in [6.07, 6.45) is -0.345. The number of ether oxygens (including phenoxy) is 3. The van der Waals surface area contributed by atoms with Gasteiger partial charge in [0, 0.05) is 20.8 Å². The van der Waals surface area contributed by atoms with Gasteiger partial charge in [0.1, 0.15) is 6.61 Å². The van der Waals surface area contributed by atoms with Crippen molar-refractivity contribution in [3.8, 4) is 0 Å². The molecule has 0 saturated carbocycles. The van der Waals surface area contributed by atoms with E-state index in [-0.39, 0.29) is 18.8 Å². The molecule has 1 amide bonds. The van der Waals surface area contributed by atoms with Gasteiger partial charge in [0.25, 0.3) is 0 Å². The minimum Gasteiger partial charge on any atom is -0.370 e. The number of methoxy groups -OCH3 is 2. The van der Waals surface area contributed by atoms with Gasteiger partial charge >= 0.3 is 0 Å². The van der Waals surface area contributed by atoms with Crippen molar-refractivity contribution < 1.29 is 19.0 Å². The van der Waals surface area contributed by atoms with Crippen molar-refractivity contribution in [2.75, 3.05) is 40.5 Å². The summed E-state index contributed by atoms with van der Waals surface area (Å²) in [5.41, 5.74) is 0. The molecule has 0 N–H and O–H groups in total. The summed E-state index contributed by atoms with van der Waals surface area (Å²) in [5, 5.41) is 0. The minimum absolute atomic E-state index is 0.00894. The molecule has 0 unspecified atom stereocenters. The minimum atomic E-state index is -0.345. The Kier molecular flexibility index (Phi) is 4.14. The standard InChI is InChI=1S/C8H15NO4/c1-11-8(12-2)5-9-3-4-13-6-7(9)10/h8H,3-6H2,1-2H3. The highest BCUT2D eigenvalue weighted by atomic mass is 16.7. The van der Waals surface area contributed by atoms with Crippen LogP contribution in [-0.2, 0) is 19.0 Å². The zero-order chi connectivity index (χ0) is 9.68. The third-order valence-corrected chi connectivity index (χ3v) is 1.98. The Morgan fingerprint density at radius 3 is 2.77 bits per heavy atom. The lowest BCUT2D eigenvalue weighted by Crippen LogP contribution is -2.46. The van der Waals surface area contributed by atoms with Crippen LogP contribution in [0.15, 0.2) is 0 Å². The highest BCUT2D eigenvalue weighted by Crippen LogP contribution is 2.02. The molecule has 1 fully saturated rings. The van der Waals surface area contributed by atoms with Crippen LogP contribution in [0.25, 0.3) is 0 Å². The van der Waals surface area contributed by atoms with E-state index >= 15 is 0 Å². The Labute approximate surface area is 77.6 Å². The van der Waals surface area contributed by atoms with Crippen LogP contribution in [0.4, 0.5) is 0 Å². The smallest absolute Gasteiger partial charge is 0.248 e. The quantitative estimate of drug-likeness (QED) is 0.557. The Balaban J connectivity index is 2.36. The van der Waals surface area contributed by atoms with E-state index in [1.165, 1.54) is 0 Å². The van der Waals surface area contributed by atoms with Gasteiger partial charge < -0.3 is 19.1 Å². The first kappa shape index (κ1) is 10.4. The highest BCUT2D eigenvalue weighted by Gasteiger charge is 2.21. The highest BCUT2D eigenvalue weighted by molar-refractivity contribution is 5.77. The first-order valence-corrected chi connectivity index (χ1v) is 4.19. The molecule has 1 aliphatic rings. The second kappa shape index (κ2) is 5.16. The largest absolute Gasteiger partial charge is 0.370 e. The zero-order valence-corrected chi connectivity index (χ0v) is 7.99. The molecule has 1 heterocycles. The molecule has 0 aromatic rings. The molecule has 0 aromatic heterocycles. The molecule has 5 nitrogen and oxygen atoms in total. The Morgan fingerprint density at radius 1 is 1.54 bits per heavy atom. The van der Waals surface area contributed by atoms with Crippen LogP contribution in [-0.4, -0.2) is 57.6 Å². The summed E-state index contributed by atoms with van der Waals surface area (Å²) >= 11 is 0. The summed E-state index contributed by atoms with van der Waals surface area (Å²) in [4.78, 5) is 12.9. The van der Waals surface area contributed by atoms with Gasteiger partial charge in [0.2, 0.25) is 5.91 Å². The Hall–Kier alpha value is -0.650. The Morgan fingerprint density at radius 2 is 2.23 bits per heavy atom. The SMILES string of the molecule is COC(CN1CCOCC1=O)OC. The predicted molar refractivity (Wildman–Crippen MR) is 45.2 cm³/mol. The van der Waals surface area contributed by atoms with Gasteiger partial charge in [0.05, 0.1) is 13.2 Å². The van der Waals surface area contributed by atoms with Gasteiger partial charge in [-0.15, -0.1) is 0 Å². The molecule has 0 atom stereocenters. The number of carbonyl (C=O) groups excluding carboxylic acids is 1. The van der Waals surface area contributed by atoms with E-state index in [1.54, 1.807) is 19.1 Å². The fourth-order valence-electron chi connectivity index (χ4n) is 1.17. The average molecular weight is 189 g/mol. The van der Waals surface area contributed by atoms with Crippen LogP contribution in [0.2, 0.25) is 0 Å². The Bertz CT molecular complexity index is 170. The first-order valence-electron chi connectivity index (χ1n) is 4.19. The molecule has 5 heteroatoms. The lowest BCUT2D eigenvalue weighted by atomic mass is 10.4. The number of carbonyl (C=O) groups is 1. The van der Waals surface area contributed by atoms with Crippen molar-refractivity contribution in [2.45, 2.75) is 6.29 Å². The predicted octanol–water partition coefficient (Wildman–Crippen LogP) is -0.536. The summed E-state index contributed by atoms with van der Waals surface area (Å²) in [7, 11) is 3.11. The average Bonchev–Trinajstić information content (AvgIpc) is 2.17. The van der Waals surface area contributed by atoms with E-state index < -0.39 is 0 Å². The van der Waals surface area contributed by atoms with E-state index in [0.29, 0.717) is 19.7 Å². The van der Waals surface area contributed by atoms with Crippen molar-refractivity contribution in [3.05, 3.63) is 0 Å². The van der Waals surface area contributed by atoms with Crippen LogP contribution >= 0.6 is 0 Å². The van der Waals surface area contributed by atoms with Gasteiger partial charge in [-0.3, -0.25) is 4.79 Å². The van der Waals surface area contributed by atoms with Crippen LogP contribution < -0.4 is 0 Å². The molecule has 13 heavy (non-hydrogen) atoms. The summed E-state index contributed by atoms with van der Waals surface area (Å²) in [6, 6.07) is 0. The van der Waals surface area contributed by atoms with Crippen molar-refractivity contribution in [1.29, 1.82) is 0 Å². The molecule has 76 valence electrons. The lowest BCUT2D eigenvalue weighted by molar-refractivity contribution is -0.156. The number of nitrogens with zero attached hydrogens (tertiary/aromatic N) is 1. The fourth-order valence-corrected chi connectivity index (χ4v) is 1.17. The molecule has 0 bridgehead atoms. The second-order valence-electron chi connectivity index (χ2n) is 2.79. The molecule has 1 saturated heterocycles. The maximum atomic E-state index is 11.3. The second-order valence-corrected chi connectivity index (χ2v) is 2.79. The lowest BCUT2D eigenvalue weighted by Gasteiger charge is -2.29. The van der Waals surface area contributed by atoms with Gasteiger partial charge in [0.15, 0.2) is 6.29 Å². The van der Waals surface area contributed by atoms with Gasteiger partial charge in [-0.1, -0.05) is 0 Å². The number of morpholine rings is 1.